The molecule has 0 aromatic heterocycles. The van der Waals surface area contributed by atoms with Crippen molar-refractivity contribution in [1.29, 1.82) is 0 Å². The molecule has 2 atom stereocenters. The van der Waals surface area contributed by atoms with Crippen molar-refractivity contribution in [3.8, 4) is 0 Å². The van der Waals surface area contributed by atoms with Crippen molar-refractivity contribution in [2.75, 3.05) is 27.1 Å². The summed E-state index contributed by atoms with van der Waals surface area (Å²) in [4.78, 5) is 22.9. The Labute approximate surface area is 137 Å². The number of carboxylic acids is 1. The van der Waals surface area contributed by atoms with Gasteiger partial charge < -0.3 is 29.4 Å². The number of carbonyl (C=O) groups excluding carboxylic acids is 1. The quantitative estimate of drug-likeness (QED) is 0.438. The average molecular weight is 335 g/mol. The van der Waals surface area contributed by atoms with Crippen molar-refractivity contribution >= 4 is 12.1 Å². The maximum atomic E-state index is 11.9. The lowest BCUT2D eigenvalue weighted by atomic mass is 10.1. The average Bonchev–Trinajstić information content (AvgIpc) is 2.39. The summed E-state index contributed by atoms with van der Waals surface area (Å²) >= 11 is 0. The molecule has 8 heteroatoms. The predicted molar refractivity (Wildman–Crippen MR) is 83.3 cm³/mol. The van der Waals surface area contributed by atoms with E-state index >= 15 is 0 Å². The highest BCUT2D eigenvalue weighted by Crippen LogP contribution is 2.12. The molecule has 0 spiro atoms. The van der Waals surface area contributed by atoms with E-state index in [1.165, 1.54) is 0 Å². The number of hydrogen-bond donors (Lipinski definition) is 2. The molecular weight excluding hydrogens is 306 g/mol. The molecule has 0 radical (unpaired) electrons. The number of alkyl carbamates (subject to hydrolysis) is 1. The van der Waals surface area contributed by atoms with Gasteiger partial charge in [-0.05, 0) is 27.2 Å². The van der Waals surface area contributed by atoms with E-state index in [4.69, 9.17) is 24.1 Å². The van der Waals surface area contributed by atoms with Crippen LogP contribution in [0.25, 0.3) is 0 Å². The molecule has 1 amide bonds. The Bertz CT molecular complexity index is 354. The van der Waals surface area contributed by atoms with Crippen molar-refractivity contribution in [1.82, 2.24) is 5.32 Å². The van der Waals surface area contributed by atoms with Crippen LogP contribution in [0, 0.1) is 0 Å². The van der Waals surface area contributed by atoms with Crippen molar-refractivity contribution in [2.45, 2.75) is 58.3 Å². The van der Waals surface area contributed by atoms with Gasteiger partial charge in [0.1, 0.15) is 12.4 Å². The third kappa shape index (κ3) is 11.8. The maximum absolute atomic E-state index is 11.9. The SMILES string of the molecule is CC[C@@H](OCOCCOC)[C@H](CC(=O)O)NC(=O)OC(C)(C)C. The highest BCUT2D eigenvalue weighted by atomic mass is 16.7. The lowest BCUT2D eigenvalue weighted by Gasteiger charge is -2.28. The number of carbonyl (C=O) groups is 2. The fraction of sp³-hybridized carbons (Fsp3) is 0.867. The number of methoxy groups -OCH3 is 1. The maximum Gasteiger partial charge on any atom is 0.407 e. The van der Waals surface area contributed by atoms with Gasteiger partial charge >= 0.3 is 12.1 Å². The molecule has 2 N–H and O–H groups in total. The smallest absolute Gasteiger partial charge is 0.407 e. The van der Waals surface area contributed by atoms with Crippen LogP contribution in [-0.2, 0) is 23.7 Å². The number of aliphatic carboxylic acids is 1. The molecule has 0 aliphatic rings. The first-order valence-electron chi connectivity index (χ1n) is 7.59. The zero-order valence-corrected chi connectivity index (χ0v) is 14.6. The molecule has 0 aromatic rings. The van der Waals surface area contributed by atoms with E-state index in [9.17, 15) is 9.59 Å². The Hall–Kier alpha value is -1.38. The van der Waals surface area contributed by atoms with E-state index in [0.717, 1.165) is 0 Å². The molecule has 0 unspecified atom stereocenters. The topological polar surface area (TPSA) is 103 Å². The van der Waals surface area contributed by atoms with E-state index in [2.05, 4.69) is 5.32 Å². The van der Waals surface area contributed by atoms with Crippen LogP contribution in [0.4, 0.5) is 4.79 Å². The Kier molecular flexibility index (Phi) is 10.5. The van der Waals surface area contributed by atoms with Gasteiger partial charge in [0.2, 0.25) is 0 Å². The van der Waals surface area contributed by atoms with Gasteiger partial charge in [-0.1, -0.05) is 6.92 Å². The van der Waals surface area contributed by atoms with Crippen molar-refractivity contribution in [2.24, 2.45) is 0 Å². The summed E-state index contributed by atoms with van der Waals surface area (Å²) in [6, 6.07) is -0.710. The van der Waals surface area contributed by atoms with E-state index < -0.39 is 29.8 Å². The van der Waals surface area contributed by atoms with Crippen LogP contribution in [-0.4, -0.2) is 62.0 Å². The normalized spacial score (nSPS) is 14.1. The summed E-state index contributed by atoms with van der Waals surface area (Å²) in [6.45, 7) is 7.84. The Balaban J connectivity index is 4.57. The minimum absolute atomic E-state index is 0.00597. The van der Waals surface area contributed by atoms with Gasteiger partial charge in [-0.2, -0.15) is 0 Å². The summed E-state index contributed by atoms with van der Waals surface area (Å²) in [7, 11) is 1.56. The number of hydrogen-bond acceptors (Lipinski definition) is 6. The molecule has 23 heavy (non-hydrogen) atoms. The summed E-state index contributed by atoms with van der Waals surface area (Å²) in [5, 5.41) is 11.6. The zero-order valence-electron chi connectivity index (χ0n) is 14.6. The fourth-order valence-electron chi connectivity index (χ4n) is 1.78. The number of ether oxygens (including phenoxy) is 4. The van der Waals surface area contributed by atoms with Gasteiger partial charge in [0.25, 0.3) is 0 Å². The first-order chi connectivity index (χ1) is 10.7. The minimum Gasteiger partial charge on any atom is -0.481 e. The molecule has 0 rings (SSSR count). The van der Waals surface area contributed by atoms with Gasteiger partial charge in [-0.25, -0.2) is 4.79 Å². The second-order valence-corrected chi connectivity index (χ2v) is 5.98. The Morgan fingerprint density at radius 2 is 1.87 bits per heavy atom. The molecule has 0 aromatic carbocycles. The van der Waals surface area contributed by atoms with E-state index in [0.29, 0.717) is 19.6 Å². The van der Waals surface area contributed by atoms with Gasteiger partial charge in [0.15, 0.2) is 0 Å². The summed E-state index contributed by atoms with van der Waals surface area (Å²) in [6.07, 6.45) is -0.927. The first-order valence-corrected chi connectivity index (χ1v) is 7.59. The van der Waals surface area contributed by atoms with Gasteiger partial charge in [0.05, 0.1) is 31.8 Å². The lowest BCUT2D eigenvalue weighted by molar-refractivity contribution is -0.141. The molecule has 0 saturated carbocycles. The van der Waals surface area contributed by atoms with Crippen LogP contribution in [0.5, 0.6) is 0 Å². The second kappa shape index (κ2) is 11.2. The van der Waals surface area contributed by atoms with Crippen molar-refractivity contribution in [3.05, 3.63) is 0 Å². The van der Waals surface area contributed by atoms with Crippen LogP contribution in [0.1, 0.15) is 40.5 Å². The summed E-state index contributed by atoms with van der Waals surface area (Å²) in [5.41, 5.74) is -0.663. The molecule has 0 aliphatic carbocycles. The van der Waals surface area contributed by atoms with Crippen LogP contribution in [0.3, 0.4) is 0 Å². The molecule has 136 valence electrons. The molecule has 0 saturated heterocycles. The standard InChI is InChI=1S/C15H29NO7/c1-6-12(22-10-21-8-7-20-5)11(9-13(17)18)16-14(19)23-15(2,3)4/h11-12H,6-10H2,1-5H3,(H,16,19)(H,17,18)/t11-,12+/m0/s1. The third-order valence-electron chi connectivity index (χ3n) is 2.75. The molecule has 0 heterocycles. The molecule has 0 aliphatic heterocycles. The van der Waals surface area contributed by atoms with Crippen LogP contribution >= 0.6 is 0 Å². The molecular formula is C15H29NO7. The summed E-state index contributed by atoms with van der Waals surface area (Å²) < 4.78 is 20.7. The Morgan fingerprint density at radius 3 is 2.35 bits per heavy atom. The van der Waals surface area contributed by atoms with Crippen LogP contribution in [0.15, 0.2) is 0 Å². The number of amides is 1. The van der Waals surface area contributed by atoms with Crippen molar-refractivity contribution < 1.29 is 33.6 Å². The lowest BCUT2D eigenvalue weighted by Crippen LogP contribution is -2.47. The zero-order chi connectivity index (χ0) is 17.9. The first kappa shape index (κ1) is 21.6. The van der Waals surface area contributed by atoms with Crippen LogP contribution < -0.4 is 5.32 Å². The van der Waals surface area contributed by atoms with E-state index in [1.54, 1.807) is 27.9 Å². The summed E-state index contributed by atoms with van der Waals surface area (Å²) in [5.74, 6) is -1.03. The highest BCUT2D eigenvalue weighted by Gasteiger charge is 2.27. The molecule has 8 nitrogen and oxygen atoms in total. The molecule has 0 fully saturated rings. The largest absolute Gasteiger partial charge is 0.481 e. The number of nitrogens with one attached hydrogen (secondary N) is 1. The Morgan fingerprint density at radius 1 is 1.22 bits per heavy atom. The van der Waals surface area contributed by atoms with E-state index in [-0.39, 0.29) is 13.2 Å². The van der Waals surface area contributed by atoms with E-state index in [1.807, 2.05) is 6.92 Å². The monoisotopic (exact) mass is 335 g/mol. The van der Waals surface area contributed by atoms with Crippen molar-refractivity contribution in [3.63, 3.8) is 0 Å². The predicted octanol–water partition coefficient (Wildman–Crippen LogP) is 1.77. The number of carboxylic acid groups (broad SMARTS) is 1. The molecule has 0 bridgehead atoms. The van der Waals surface area contributed by atoms with Gasteiger partial charge in [-0.3, -0.25) is 4.79 Å². The van der Waals surface area contributed by atoms with Gasteiger partial charge in [-0.15, -0.1) is 0 Å². The minimum atomic E-state index is -1.03. The fourth-order valence-corrected chi connectivity index (χ4v) is 1.78. The highest BCUT2D eigenvalue weighted by molar-refractivity contribution is 5.71. The number of rotatable bonds is 11. The third-order valence-corrected chi connectivity index (χ3v) is 2.75. The van der Waals surface area contributed by atoms with Gasteiger partial charge in [0, 0.05) is 7.11 Å². The second-order valence-electron chi connectivity index (χ2n) is 5.98. The van der Waals surface area contributed by atoms with Crippen LogP contribution in [0.2, 0.25) is 0 Å².